The van der Waals surface area contributed by atoms with Gasteiger partial charge in [-0.05, 0) is 34.7 Å². The second kappa shape index (κ2) is 5.78. The van der Waals surface area contributed by atoms with E-state index in [-0.39, 0.29) is 12.2 Å². The zero-order valence-electron chi connectivity index (χ0n) is 11.8. The molecule has 0 rings (SSSR count). The van der Waals surface area contributed by atoms with Crippen LogP contribution < -0.4 is 0 Å². The van der Waals surface area contributed by atoms with Crippen LogP contribution in [0.4, 0.5) is 0 Å². The molecule has 0 aromatic rings. The molecule has 6 heteroatoms. The van der Waals surface area contributed by atoms with Gasteiger partial charge >= 0.3 is 7.75 Å². The summed E-state index contributed by atoms with van der Waals surface area (Å²) in [5.41, 5.74) is 0. The first-order valence-electron chi connectivity index (χ1n) is 5.70. The van der Waals surface area contributed by atoms with Crippen molar-refractivity contribution < 1.29 is 13.6 Å². The Labute approximate surface area is 101 Å². The summed E-state index contributed by atoms with van der Waals surface area (Å²) in [6, 6.07) is 0. The summed E-state index contributed by atoms with van der Waals surface area (Å²) < 4.78 is 25.6. The third-order valence-corrected chi connectivity index (χ3v) is 8.61. The van der Waals surface area contributed by atoms with Gasteiger partial charge in [0.15, 0.2) is 0 Å². The van der Waals surface area contributed by atoms with Gasteiger partial charge in [-0.1, -0.05) is 19.6 Å². The summed E-state index contributed by atoms with van der Waals surface area (Å²) >= 11 is 0. The number of nitrogens with zero attached hydrogens (tertiary/aromatic N) is 1. The Morgan fingerprint density at radius 2 is 1.31 bits per heavy atom. The van der Waals surface area contributed by atoms with Gasteiger partial charge in [-0.25, -0.2) is 8.90 Å². The Hall–Kier alpha value is 0.327. The fraction of sp³-hybridized carbons (Fsp3) is 1.00. The molecule has 98 valence electrons. The van der Waals surface area contributed by atoms with E-state index in [9.17, 15) is 4.57 Å². The minimum atomic E-state index is -3.15. The van der Waals surface area contributed by atoms with Gasteiger partial charge in [0.2, 0.25) is 0 Å². The fourth-order valence-corrected chi connectivity index (χ4v) is 5.69. The average molecular weight is 267 g/mol. The lowest BCUT2D eigenvalue weighted by Gasteiger charge is -2.37. The van der Waals surface area contributed by atoms with Crippen LogP contribution in [-0.2, 0) is 13.6 Å². The van der Waals surface area contributed by atoms with Gasteiger partial charge in [-0.3, -0.25) is 9.05 Å². The van der Waals surface area contributed by atoms with Crippen molar-refractivity contribution >= 4 is 16.0 Å². The molecule has 0 aliphatic heterocycles. The highest BCUT2D eigenvalue weighted by Crippen LogP contribution is 2.55. The molecule has 0 saturated heterocycles. The van der Waals surface area contributed by atoms with E-state index in [1.54, 1.807) is 0 Å². The molecule has 0 atom stereocenters. The molecule has 0 unspecified atom stereocenters. The van der Waals surface area contributed by atoms with Crippen LogP contribution in [0.1, 0.15) is 27.7 Å². The molecule has 0 spiro atoms. The molecule has 0 fully saturated rings. The van der Waals surface area contributed by atoms with E-state index in [0.29, 0.717) is 0 Å². The van der Waals surface area contributed by atoms with Crippen LogP contribution in [0.15, 0.2) is 0 Å². The van der Waals surface area contributed by atoms with Gasteiger partial charge in [0.05, 0.1) is 12.2 Å². The van der Waals surface area contributed by atoms with Crippen molar-refractivity contribution in [1.29, 1.82) is 0 Å². The molecule has 4 nitrogen and oxygen atoms in total. The fourth-order valence-electron chi connectivity index (χ4n) is 1.07. The van der Waals surface area contributed by atoms with Crippen molar-refractivity contribution in [2.75, 3.05) is 7.05 Å². The van der Waals surface area contributed by atoms with Gasteiger partial charge in [-0.15, -0.1) is 0 Å². The van der Waals surface area contributed by atoms with E-state index in [2.05, 4.69) is 19.6 Å². The molecule has 0 aromatic carbocycles. The van der Waals surface area contributed by atoms with Crippen LogP contribution in [0.2, 0.25) is 19.6 Å². The van der Waals surface area contributed by atoms with E-state index in [4.69, 9.17) is 9.05 Å². The first-order valence-corrected chi connectivity index (χ1v) is 10.6. The molecule has 0 aliphatic carbocycles. The van der Waals surface area contributed by atoms with Crippen LogP contribution in [0, 0.1) is 0 Å². The monoisotopic (exact) mass is 267 g/mol. The average Bonchev–Trinajstić information content (AvgIpc) is 1.97. The summed E-state index contributed by atoms with van der Waals surface area (Å²) in [5, 5.41) is 0. The summed E-state index contributed by atoms with van der Waals surface area (Å²) in [6.07, 6.45) is -0.216. The Morgan fingerprint density at radius 3 is 1.50 bits per heavy atom. The second-order valence-corrected chi connectivity index (χ2v) is 12.8. The predicted molar refractivity (Wildman–Crippen MR) is 71.2 cm³/mol. The molecule has 0 aliphatic rings. The maximum Gasteiger partial charge on any atom is 0.402 e. The van der Waals surface area contributed by atoms with E-state index in [1.165, 1.54) is 0 Å². The maximum atomic E-state index is 12.7. The Morgan fingerprint density at radius 1 is 1.00 bits per heavy atom. The first-order chi connectivity index (χ1) is 6.99. The molecule has 0 N–H and O–H groups in total. The summed E-state index contributed by atoms with van der Waals surface area (Å²) in [4.78, 5) is 0. The highest BCUT2D eigenvalue weighted by Gasteiger charge is 2.40. The molecule has 0 radical (unpaired) electrons. The SMILES string of the molecule is CC(C)OP(=O)(OC(C)C)N(C)[Si](C)(C)C. The minimum absolute atomic E-state index is 0.108. The van der Waals surface area contributed by atoms with Crippen molar-refractivity contribution in [3.05, 3.63) is 0 Å². The van der Waals surface area contributed by atoms with Gasteiger partial charge < -0.3 is 0 Å². The molecular formula is C10H26NO3PSi. The third kappa shape index (κ3) is 5.10. The quantitative estimate of drug-likeness (QED) is 0.543. The smallest absolute Gasteiger partial charge is 0.294 e. The van der Waals surface area contributed by atoms with Crippen molar-refractivity contribution in [1.82, 2.24) is 4.34 Å². The van der Waals surface area contributed by atoms with Gasteiger partial charge in [0.1, 0.15) is 8.24 Å². The second-order valence-electron chi connectivity index (χ2n) is 5.47. The summed E-state index contributed by atoms with van der Waals surface area (Å²) in [5.74, 6) is 0. The maximum absolute atomic E-state index is 12.7. The van der Waals surface area contributed by atoms with Crippen LogP contribution in [0.5, 0.6) is 0 Å². The molecule has 0 saturated carbocycles. The largest absolute Gasteiger partial charge is 0.402 e. The van der Waals surface area contributed by atoms with Crippen LogP contribution in [-0.4, -0.2) is 31.8 Å². The van der Waals surface area contributed by atoms with E-state index < -0.39 is 16.0 Å². The number of rotatable bonds is 6. The number of hydrogen-bond donors (Lipinski definition) is 0. The zero-order valence-corrected chi connectivity index (χ0v) is 13.7. The molecule has 0 bridgehead atoms. The van der Waals surface area contributed by atoms with Gasteiger partial charge in [0.25, 0.3) is 0 Å². The van der Waals surface area contributed by atoms with E-state index >= 15 is 0 Å². The molecule has 0 aromatic heterocycles. The highest BCUT2D eigenvalue weighted by molar-refractivity contribution is 7.53. The van der Waals surface area contributed by atoms with Crippen LogP contribution in [0.3, 0.4) is 0 Å². The number of hydrogen-bond acceptors (Lipinski definition) is 3. The normalized spacial score (nSPS) is 14.2. The molecule has 16 heavy (non-hydrogen) atoms. The van der Waals surface area contributed by atoms with Gasteiger partial charge in [0, 0.05) is 0 Å². The third-order valence-electron chi connectivity index (χ3n) is 2.03. The molecule has 0 amide bonds. The lowest BCUT2D eigenvalue weighted by Crippen LogP contribution is -2.42. The van der Waals surface area contributed by atoms with Crippen LogP contribution in [0.25, 0.3) is 0 Å². The summed E-state index contributed by atoms with van der Waals surface area (Å²) in [7, 11) is -3.03. The van der Waals surface area contributed by atoms with Crippen LogP contribution >= 0.6 is 7.75 Å². The summed E-state index contributed by atoms with van der Waals surface area (Å²) in [6.45, 7) is 13.8. The Bertz CT molecular complexity index is 249. The minimum Gasteiger partial charge on any atom is -0.294 e. The van der Waals surface area contributed by atoms with E-state index in [1.807, 2.05) is 39.1 Å². The Balaban J connectivity index is 5.00. The van der Waals surface area contributed by atoms with E-state index in [0.717, 1.165) is 0 Å². The van der Waals surface area contributed by atoms with Gasteiger partial charge in [-0.2, -0.15) is 0 Å². The van der Waals surface area contributed by atoms with Crippen molar-refractivity contribution in [2.24, 2.45) is 0 Å². The molecular weight excluding hydrogens is 241 g/mol. The lowest BCUT2D eigenvalue weighted by molar-refractivity contribution is 0.123. The zero-order chi connectivity index (χ0) is 13.1. The molecule has 0 heterocycles. The topological polar surface area (TPSA) is 38.8 Å². The Kier molecular flexibility index (Phi) is 5.90. The highest BCUT2D eigenvalue weighted by atomic mass is 31.2. The van der Waals surface area contributed by atoms with Crippen molar-refractivity contribution in [3.63, 3.8) is 0 Å². The van der Waals surface area contributed by atoms with Crippen molar-refractivity contribution in [2.45, 2.75) is 59.5 Å². The predicted octanol–water partition coefficient (Wildman–Crippen LogP) is 3.71. The standard InChI is InChI=1S/C10H26NO3PSi/c1-9(2)13-15(12,14-10(3)4)11(5)16(6,7)8/h9-10H,1-8H3. The first kappa shape index (κ1) is 16.3. The lowest BCUT2D eigenvalue weighted by atomic mass is 10.5. The van der Waals surface area contributed by atoms with Crippen molar-refractivity contribution in [3.8, 4) is 0 Å².